The third kappa shape index (κ3) is 6.04. The number of aliphatic hydroxyl groups excluding tert-OH is 1. The number of rotatable bonds is 2. The lowest BCUT2D eigenvalue weighted by Crippen LogP contribution is -2.36. The van der Waals surface area contributed by atoms with Crippen LogP contribution in [0.3, 0.4) is 0 Å². The second-order valence-electron chi connectivity index (χ2n) is 5.76. The molecule has 0 aromatic carbocycles. The minimum atomic E-state index is -0.619. The first kappa shape index (κ1) is 15.6. The molecule has 100 valence electrons. The largest absolute Gasteiger partial charge is 0.480 e. The molecular formula is C12H23NO4. The van der Waals surface area contributed by atoms with Crippen LogP contribution >= 0.6 is 0 Å². The number of nitrogens with one attached hydrogen (secondary N) is 1. The van der Waals surface area contributed by atoms with Crippen LogP contribution in [0.4, 0.5) is 4.79 Å². The molecule has 0 aromatic heterocycles. The van der Waals surface area contributed by atoms with E-state index in [1.165, 1.54) is 7.11 Å². The van der Waals surface area contributed by atoms with Crippen LogP contribution in [-0.4, -0.2) is 23.9 Å². The van der Waals surface area contributed by atoms with Crippen LogP contribution < -0.4 is 5.32 Å². The van der Waals surface area contributed by atoms with E-state index in [4.69, 9.17) is 9.47 Å². The summed E-state index contributed by atoms with van der Waals surface area (Å²) in [5.74, 6) is -0.316. The molecule has 5 heteroatoms. The second kappa shape index (κ2) is 5.29. The van der Waals surface area contributed by atoms with E-state index in [1.54, 1.807) is 20.8 Å². The molecule has 0 aromatic rings. The highest BCUT2D eigenvalue weighted by molar-refractivity contribution is 5.70. The number of hydrogen-bond donors (Lipinski definition) is 2. The summed E-state index contributed by atoms with van der Waals surface area (Å²) < 4.78 is 9.84. The maximum Gasteiger partial charge on any atom is 0.412 e. The van der Waals surface area contributed by atoms with Crippen molar-refractivity contribution >= 4 is 6.09 Å². The second-order valence-corrected chi connectivity index (χ2v) is 5.76. The first-order chi connectivity index (χ1) is 7.47. The maximum absolute atomic E-state index is 11.6. The third-order valence-corrected chi connectivity index (χ3v) is 1.78. The first-order valence-corrected chi connectivity index (χ1v) is 5.45. The van der Waals surface area contributed by atoms with Crippen molar-refractivity contribution in [3.8, 4) is 0 Å². The van der Waals surface area contributed by atoms with Crippen molar-refractivity contribution in [2.45, 2.75) is 47.1 Å². The van der Waals surface area contributed by atoms with E-state index >= 15 is 0 Å². The lowest BCUT2D eigenvalue weighted by Gasteiger charge is -2.26. The van der Waals surface area contributed by atoms with Gasteiger partial charge < -0.3 is 14.6 Å². The van der Waals surface area contributed by atoms with Gasteiger partial charge in [-0.05, 0) is 20.8 Å². The van der Waals surface area contributed by atoms with Gasteiger partial charge in [0, 0.05) is 5.41 Å². The van der Waals surface area contributed by atoms with Crippen molar-refractivity contribution in [1.29, 1.82) is 0 Å². The van der Waals surface area contributed by atoms with E-state index in [2.05, 4.69) is 5.32 Å². The summed E-state index contributed by atoms with van der Waals surface area (Å²) in [6.07, 6.45) is -0.619. The SMILES string of the molecule is CO/C(O)=C(/NC(=O)OC(C)(C)C)C(C)(C)C. The van der Waals surface area contributed by atoms with Crippen molar-refractivity contribution in [1.82, 2.24) is 5.32 Å². The lowest BCUT2D eigenvalue weighted by atomic mass is 9.92. The molecule has 0 heterocycles. The average Bonchev–Trinajstić information content (AvgIpc) is 2.08. The van der Waals surface area contributed by atoms with Crippen molar-refractivity contribution in [2.24, 2.45) is 5.41 Å². The topological polar surface area (TPSA) is 67.8 Å². The summed E-state index contributed by atoms with van der Waals surface area (Å²) >= 11 is 0. The Hall–Kier alpha value is -1.39. The molecule has 0 aliphatic rings. The van der Waals surface area contributed by atoms with Gasteiger partial charge in [0.25, 0.3) is 5.95 Å². The van der Waals surface area contributed by atoms with Gasteiger partial charge in [0.1, 0.15) is 11.3 Å². The fourth-order valence-corrected chi connectivity index (χ4v) is 1.07. The summed E-state index contributed by atoms with van der Waals surface area (Å²) in [5, 5.41) is 12.1. The van der Waals surface area contributed by atoms with E-state index in [9.17, 15) is 9.90 Å². The highest BCUT2D eigenvalue weighted by Crippen LogP contribution is 2.25. The van der Waals surface area contributed by atoms with Crippen LogP contribution in [-0.2, 0) is 9.47 Å². The molecule has 0 rings (SSSR count). The Morgan fingerprint density at radius 2 is 1.59 bits per heavy atom. The standard InChI is InChI=1S/C12H23NO4/c1-11(2,3)8(9(14)16-7)13-10(15)17-12(4,5)6/h14H,1-7H3,(H,13,15)/b9-8+. The van der Waals surface area contributed by atoms with Crippen molar-refractivity contribution in [3.05, 3.63) is 11.6 Å². The van der Waals surface area contributed by atoms with E-state index in [0.29, 0.717) is 0 Å². The van der Waals surface area contributed by atoms with Crippen molar-refractivity contribution in [2.75, 3.05) is 7.11 Å². The van der Waals surface area contributed by atoms with Gasteiger partial charge in [0.05, 0.1) is 7.11 Å². The molecule has 0 fully saturated rings. The predicted molar refractivity (Wildman–Crippen MR) is 65.5 cm³/mol. The van der Waals surface area contributed by atoms with Gasteiger partial charge in [-0.3, -0.25) is 5.32 Å². The summed E-state index contributed by atoms with van der Waals surface area (Å²) in [6, 6.07) is 0. The predicted octanol–water partition coefficient (Wildman–Crippen LogP) is 2.93. The molecule has 0 aliphatic heterocycles. The van der Waals surface area contributed by atoms with Crippen LogP contribution in [0.25, 0.3) is 0 Å². The molecule has 17 heavy (non-hydrogen) atoms. The summed E-state index contributed by atoms with van der Waals surface area (Å²) in [5.41, 5.74) is -0.763. The number of carbonyl (C=O) groups excluding carboxylic acids is 1. The number of methoxy groups -OCH3 is 1. The Balaban J connectivity index is 4.87. The van der Waals surface area contributed by atoms with Gasteiger partial charge in [0.15, 0.2) is 0 Å². The third-order valence-electron chi connectivity index (χ3n) is 1.78. The molecule has 0 saturated heterocycles. The summed E-state index contributed by atoms with van der Waals surface area (Å²) in [4.78, 5) is 11.6. The van der Waals surface area contributed by atoms with Gasteiger partial charge in [-0.2, -0.15) is 0 Å². The number of alkyl carbamates (subject to hydrolysis) is 1. The molecule has 0 radical (unpaired) electrons. The Morgan fingerprint density at radius 1 is 1.12 bits per heavy atom. The number of ether oxygens (including phenoxy) is 2. The summed E-state index contributed by atoms with van der Waals surface area (Å²) in [6.45, 7) is 10.8. The Labute approximate surface area is 103 Å². The van der Waals surface area contributed by atoms with E-state index in [1.807, 2.05) is 20.8 Å². The first-order valence-electron chi connectivity index (χ1n) is 5.45. The summed E-state index contributed by atoms with van der Waals surface area (Å²) in [7, 11) is 1.33. The Morgan fingerprint density at radius 3 is 1.88 bits per heavy atom. The highest BCUT2D eigenvalue weighted by Gasteiger charge is 2.27. The monoisotopic (exact) mass is 245 g/mol. The molecule has 0 aliphatic carbocycles. The van der Waals surface area contributed by atoms with E-state index in [-0.39, 0.29) is 11.6 Å². The minimum Gasteiger partial charge on any atom is -0.480 e. The molecule has 5 nitrogen and oxygen atoms in total. The molecule has 0 unspecified atom stereocenters. The lowest BCUT2D eigenvalue weighted by molar-refractivity contribution is 0.0508. The number of aliphatic hydroxyl groups is 1. The Kier molecular flexibility index (Phi) is 4.86. The van der Waals surface area contributed by atoms with Crippen molar-refractivity contribution < 1.29 is 19.4 Å². The number of allylic oxidation sites excluding steroid dienone is 1. The van der Waals surface area contributed by atoms with Gasteiger partial charge in [-0.1, -0.05) is 20.8 Å². The molecule has 0 saturated carbocycles. The van der Waals surface area contributed by atoms with E-state index in [0.717, 1.165) is 0 Å². The fourth-order valence-electron chi connectivity index (χ4n) is 1.07. The highest BCUT2D eigenvalue weighted by atomic mass is 16.6. The fraction of sp³-hybridized carbons (Fsp3) is 0.750. The molecular weight excluding hydrogens is 222 g/mol. The van der Waals surface area contributed by atoms with Crippen LogP contribution in [0, 0.1) is 5.41 Å². The molecule has 0 bridgehead atoms. The quantitative estimate of drug-likeness (QED) is 0.734. The smallest absolute Gasteiger partial charge is 0.412 e. The average molecular weight is 245 g/mol. The van der Waals surface area contributed by atoms with Crippen LogP contribution in [0.1, 0.15) is 41.5 Å². The minimum absolute atomic E-state index is 0.286. The number of amides is 1. The van der Waals surface area contributed by atoms with Crippen molar-refractivity contribution in [3.63, 3.8) is 0 Å². The van der Waals surface area contributed by atoms with Crippen LogP contribution in [0.15, 0.2) is 11.6 Å². The zero-order chi connectivity index (χ0) is 13.9. The molecule has 0 spiro atoms. The van der Waals surface area contributed by atoms with Crippen LogP contribution in [0.2, 0.25) is 0 Å². The van der Waals surface area contributed by atoms with Gasteiger partial charge in [-0.15, -0.1) is 0 Å². The van der Waals surface area contributed by atoms with E-state index < -0.39 is 17.1 Å². The zero-order valence-electron chi connectivity index (χ0n) is 11.7. The Bertz CT molecular complexity index is 307. The number of hydrogen-bond acceptors (Lipinski definition) is 4. The number of carbonyl (C=O) groups is 1. The molecule has 0 atom stereocenters. The molecule has 1 amide bonds. The normalized spacial score (nSPS) is 13.8. The van der Waals surface area contributed by atoms with Gasteiger partial charge in [0.2, 0.25) is 0 Å². The maximum atomic E-state index is 11.6. The zero-order valence-corrected chi connectivity index (χ0v) is 11.7. The van der Waals surface area contributed by atoms with Gasteiger partial charge in [-0.25, -0.2) is 4.79 Å². The van der Waals surface area contributed by atoms with Crippen LogP contribution in [0.5, 0.6) is 0 Å². The van der Waals surface area contributed by atoms with Gasteiger partial charge >= 0.3 is 6.09 Å². The molecule has 2 N–H and O–H groups in total.